The fourth-order valence-corrected chi connectivity index (χ4v) is 4.35. The van der Waals surface area contributed by atoms with E-state index in [0.29, 0.717) is 32.4 Å². The van der Waals surface area contributed by atoms with Crippen LogP contribution < -0.4 is 10.6 Å². The topological polar surface area (TPSA) is 95.6 Å². The van der Waals surface area contributed by atoms with Crippen molar-refractivity contribution in [1.29, 1.82) is 0 Å². The number of carbonyl (C=O) groups is 2. The highest BCUT2D eigenvalue weighted by Gasteiger charge is 2.27. The third-order valence-corrected chi connectivity index (χ3v) is 6.27. The number of hydrogen-bond acceptors (Lipinski definition) is 4. The smallest absolute Gasteiger partial charge is 0.251 e. The Bertz CT molecular complexity index is 729. The van der Waals surface area contributed by atoms with Crippen LogP contribution in [0.5, 0.6) is 0 Å². The van der Waals surface area contributed by atoms with Crippen LogP contribution in [0.4, 0.5) is 4.39 Å². The van der Waals surface area contributed by atoms with E-state index in [1.54, 1.807) is 0 Å². The molecule has 0 bridgehead atoms. The normalized spacial score (nSPS) is 16.2. The summed E-state index contributed by atoms with van der Waals surface area (Å²) in [4.78, 5) is 23.8. The molecule has 144 valence electrons. The number of rotatable bonds is 7. The lowest BCUT2D eigenvalue weighted by molar-refractivity contribution is -0.121. The zero-order valence-electron chi connectivity index (χ0n) is 14.7. The first kappa shape index (κ1) is 20.3. The van der Waals surface area contributed by atoms with E-state index in [0.717, 1.165) is 0 Å². The van der Waals surface area contributed by atoms with Gasteiger partial charge in [-0.05, 0) is 43.5 Å². The lowest BCUT2D eigenvalue weighted by Crippen LogP contribution is -2.49. The first-order valence-corrected chi connectivity index (χ1v) is 10.2. The Balaban J connectivity index is 1.74. The Kier molecular flexibility index (Phi) is 7.10. The van der Waals surface area contributed by atoms with Crippen molar-refractivity contribution in [3.63, 3.8) is 0 Å². The van der Waals surface area contributed by atoms with Crippen molar-refractivity contribution in [1.82, 2.24) is 14.9 Å². The molecule has 9 heteroatoms. The largest absolute Gasteiger partial charge is 0.352 e. The number of piperidine rings is 1. The molecule has 0 aromatic heterocycles. The summed E-state index contributed by atoms with van der Waals surface area (Å²) in [6.45, 7) is 2.40. The minimum Gasteiger partial charge on any atom is -0.352 e. The van der Waals surface area contributed by atoms with E-state index in [1.165, 1.54) is 28.6 Å². The first-order chi connectivity index (χ1) is 12.3. The molecule has 0 spiro atoms. The highest BCUT2D eigenvalue weighted by atomic mass is 32.2. The highest BCUT2D eigenvalue weighted by Crippen LogP contribution is 2.15. The number of sulfonamides is 1. The van der Waals surface area contributed by atoms with Gasteiger partial charge < -0.3 is 10.6 Å². The molecule has 26 heavy (non-hydrogen) atoms. The predicted octanol–water partition coefficient (Wildman–Crippen LogP) is 0.876. The monoisotopic (exact) mass is 385 g/mol. The van der Waals surface area contributed by atoms with E-state index in [4.69, 9.17) is 0 Å². The minimum atomic E-state index is -3.20. The van der Waals surface area contributed by atoms with Crippen LogP contribution in [0.3, 0.4) is 0 Å². The van der Waals surface area contributed by atoms with Crippen LogP contribution in [0, 0.1) is 5.82 Å². The molecular formula is C17H24FN3O4S. The molecule has 1 fully saturated rings. The fraction of sp³-hybridized carbons (Fsp3) is 0.529. The summed E-state index contributed by atoms with van der Waals surface area (Å²) in [7, 11) is -3.20. The molecule has 0 radical (unpaired) electrons. The number of nitrogens with zero attached hydrogens (tertiary/aromatic N) is 1. The van der Waals surface area contributed by atoms with Gasteiger partial charge in [-0.1, -0.05) is 6.92 Å². The number of carbonyl (C=O) groups excluding carboxylic acids is 2. The van der Waals surface area contributed by atoms with Gasteiger partial charge in [-0.3, -0.25) is 9.59 Å². The van der Waals surface area contributed by atoms with Crippen molar-refractivity contribution in [3.05, 3.63) is 35.6 Å². The summed E-state index contributed by atoms with van der Waals surface area (Å²) in [5.41, 5.74) is 0.272. The van der Waals surface area contributed by atoms with Gasteiger partial charge in [0.25, 0.3) is 5.91 Å². The molecular weight excluding hydrogens is 361 g/mol. The summed E-state index contributed by atoms with van der Waals surface area (Å²) < 4.78 is 38.3. The zero-order chi connectivity index (χ0) is 19.2. The maximum atomic E-state index is 12.8. The lowest BCUT2D eigenvalue weighted by Gasteiger charge is -2.31. The first-order valence-electron chi connectivity index (χ1n) is 8.63. The van der Waals surface area contributed by atoms with E-state index >= 15 is 0 Å². The van der Waals surface area contributed by atoms with Gasteiger partial charge in [0.05, 0.1) is 12.3 Å². The van der Waals surface area contributed by atoms with Crippen molar-refractivity contribution < 1.29 is 22.4 Å². The Morgan fingerprint density at radius 1 is 1.19 bits per heavy atom. The fourth-order valence-electron chi connectivity index (χ4n) is 2.81. The molecule has 1 aliphatic rings. The van der Waals surface area contributed by atoms with Crippen LogP contribution >= 0.6 is 0 Å². The van der Waals surface area contributed by atoms with Crippen molar-refractivity contribution in [2.45, 2.75) is 32.2 Å². The molecule has 7 nitrogen and oxygen atoms in total. The summed E-state index contributed by atoms with van der Waals surface area (Å²) in [5, 5.41) is 5.28. The molecule has 0 unspecified atom stereocenters. The minimum absolute atomic E-state index is 0.113. The number of nitrogens with one attached hydrogen (secondary N) is 2. The SMILES string of the molecule is CCCS(=O)(=O)N1CCC(NC(=O)CNC(=O)c2ccc(F)cc2)CC1. The number of benzene rings is 1. The molecule has 1 heterocycles. The van der Waals surface area contributed by atoms with Gasteiger partial charge >= 0.3 is 0 Å². The van der Waals surface area contributed by atoms with E-state index in [2.05, 4.69) is 10.6 Å². The molecule has 0 saturated carbocycles. The van der Waals surface area contributed by atoms with Crippen LogP contribution in [0.2, 0.25) is 0 Å². The Labute approximate surface area is 153 Å². The molecule has 2 rings (SSSR count). The average Bonchev–Trinajstić information content (AvgIpc) is 2.61. The number of amides is 2. The Morgan fingerprint density at radius 3 is 2.38 bits per heavy atom. The van der Waals surface area contributed by atoms with Gasteiger partial charge in [-0.15, -0.1) is 0 Å². The molecule has 1 aliphatic heterocycles. The molecule has 2 N–H and O–H groups in total. The van der Waals surface area contributed by atoms with Crippen molar-refractivity contribution in [2.24, 2.45) is 0 Å². The number of hydrogen-bond donors (Lipinski definition) is 2. The lowest BCUT2D eigenvalue weighted by atomic mass is 10.1. The molecule has 1 aromatic rings. The van der Waals surface area contributed by atoms with E-state index in [-0.39, 0.29) is 29.8 Å². The number of halogens is 1. The molecule has 1 saturated heterocycles. The second-order valence-electron chi connectivity index (χ2n) is 6.25. The third kappa shape index (κ3) is 5.77. The van der Waals surface area contributed by atoms with E-state index in [9.17, 15) is 22.4 Å². The quantitative estimate of drug-likeness (QED) is 0.728. The van der Waals surface area contributed by atoms with Crippen LogP contribution in [0.15, 0.2) is 24.3 Å². The maximum absolute atomic E-state index is 12.8. The van der Waals surface area contributed by atoms with Gasteiger partial charge in [-0.2, -0.15) is 0 Å². The van der Waals surface area contributed by atoms with Crippen LogP contribution in [-0.2, 0) is 14.8 Å². The van der Waals surface area contributed by atoms with Crippen molar-refractivity contribution >= 4 is 21.8 Å². The summed E-state index contributed by atoms with van der Waals surface area (Å²) >= 11 is 0. The van der Waals surface area contributed by atoms with E-state index < -0.39 is 21.7 Å². The standard InChI is InChI=1S/C17H24FN3O4S/c1-2-11-26(24,25)21-9-7-15(8-10-21)20-16(22)12-19-17(23)13-3-5-14(18)6-4-13/h3-6,15H,2,7-12H2,1H3,(H,19,23)(H,20,22). The van der Waals surface area contributed by atoms with Crippen LogP contribution in [-0.4, -0.2) is 56.0 Å². The molecule has 0 aliphatic carbocycles. The van der Waals surface area contributed by atoms with Crippen LogP contribution in [0.1, 0.15) is 36.5 Å². The van der Waals surface area contributed by atoms with Crippen molar-refractivity contribution in [3.8, 4) is 0 Å². The molecule has 0 atom stereocenters. The second kappa shape index (κ2) is 9.09. The van der Waals surface area contributed by atoms with Crippen molar-refractivity contribution in [2.75, 3.05) is 25.4 Å². The summed E-state index contributed by atoms with van der Waals surface area (Å²) in [5.74, 6) is -1.10. The van der Waals surface area contributed by atoms with Gasteiger partial charge in [0, 0.05) is 24.7 Å². The third-order valence-electron chi connectivity index (χ3n) is 4.19. The maximum Gasteiger partial charge on any atom is 0.251 e. The second-order valence-corrected chi connectivity index (χ2v) is 8.33. The molecule has 1 aromatic carbocycles. The van der Waals surface area contributed by atoms with Crippen LogP contribution in [0.25, 0.3) is 0 Å². The van der Waals surface area contributed by atoms with Gasteiger partial charge in [0.1, 0.15) is 5.82 Å². The Hall–Kier alpha value is -2.00. The molecule has 2 amide bonds. The average molecular weight is 385 g/mol. The highest BCUT2D eigenvalue weighted by molar-refractivity contribution is 7.89. The Morgan fingerprint density at radius 2 is 1.81 bits per heavy atom. The predicted molar refractivity (Wildman–Crippen MR) is 95.5 cm³/mol. The zero-order valence-corrected chi connectivity index (χ0v) is 15.5. The van der Waals surface area contributed by atoms with Gasteiger partial charge in [0.2, 0.25) is 15.9 Å². The van der Waals surface area contributed by atoms with Gasteiger partial charge in [-0.25, -0.2) is 17.1 Å². The van der Waals surface area contributed by atoms with Gasteiger partial charge in [0.15, 0.2) is 0 Å². The summed E-state index contributed by atoms with van der Waals surface area (Å²) in [6.07, 6.45) is 1.66. The summed E-state index contributed by atoms with van der Waals surface area (Å²) in [6, 6.07) is 4.92. The van der Waals surface area contributed by atoms with E-state index in [1.807, 2.05) is 6.92 Å².